The van der Waals surface area contributed by atoms with Gasteiger partial charge in [-0.2, -0.15) is 0 Å². The van der Waals surface area contributed by atoms with Crippen molar-refractivity contribution in [2.75, 3.05) is 0 Å². The molecule has 1 aromatic heterocycles. The normalized spacial score (nSPS) is 10.7. The van der Waals surface area contributed by atoms with Crippen LogP contribution in [0.1, 0.15) is 27.0 Å². The zero-order valence-electron chi connectivity index (χ0n) is 16.3. The van der Waals surface area contributed by atoms with E-state index < -0.39 is 0 Å². The Hall–Kier alpha value is -3.66. The van der Waals surface area contributed by atoms with Crippen molar-refractivity contribution in [1.29, 1.82) is 0 Å². The SMILES string of the molecule is Cc1ccc(CNC(=O)c2cc(OCc3ccccc3)nc3ccccc23)cc1. The average molecular weight is 382 g/mol. The van der Waals surface area contributed by atoms with Crippen LogP contribution in [-0.2, 0) is 13.2 Å². The highest BCUT2D eigenvalue weighted by Gasteiger charge is 2.13. The third-order valence-corrected chi connectivity index (χ3v) is 4.74. The maximum absolute atomic E-state index is 12.9. The van der Waals surface area contributed by atoms with Crippen molar-refractivity contribution >= 4 is 16.8 Å². The van der Waals surface area contributed by atoms with Crippen LogP contribution in [0.3, 0.4) is 0 Å². The second-order valence-electron chi connectivity index (χ2n) is 6.97. The first kappa shape index (κ1) is 18.7. The van der Waals surface area contributed by atoms with Crippen molar-refractivity contribution in [1.82, 2.24) is 10.3 Å². The monoisotopic (exact) mass is 382 g/mol. The van der Waals surface area contributed by atoms with Crippen LogP contribution in [0.2, 0.25) is 0 Å². The van der Waals surface area contributed by atoms with E-state index in [1.165, 1.54) is 5.56 Å². The smallest absolute Gasteiger partial charge is 0.252 e. The largest absolute Gasteiger partial charge is 0.473 e. The molecule has 29 heavy (non-hydrogen) atoms. The summed E-state index contributed by atoms with van der Waals surface area (Å²) in [5, 5.41) is 3.81. The average Bonchev–Trinajstić information content (AvgIpc) is 2.77. The minimum atomic E-state index is -0.145. The van der Waals surface area contributed by atoms with Gasteiger partial charge in [0.1, 0.15) is 6.61 Å². The van der Waals surface area contributed by atoms with Crippen LogP contribution in [0.15, 0.2) is 84.9 Å². The molecule has 0 spiro atoms. The predicted octanol–water partition coefficient (Wildman–Crippen LogP) is 5.05. The number of hydrogen-bond donors (Lipinski definition) is 1. The predicted molar refractivity (Wildman–Crippen MR) is 115 cm³/mol. The molecule has 3 aromatic carbocycles. The molecule has 0 aliphatic carbocycles. The van der Waals surface area contributed by atoms with Gasteiger partial charge in [0.2, 0.25) is 5.88 Å². The van der Waals surface area contributed by atoms with Crippen molar-refractivity contribution in [3.05, 3.63) is 107 Å². The minimum Gasteiger partial charge on any atom is -0.473 e. The van der Waals surface area contributed by atoms with Gasteiger partial charge in [-0.15, -0.1) is 0 Å². The Balaban J connectivity index is 1.56. The molecule has 4 rings (SSSR count). The summed E-state index contributed by atoms with van der Waals surface area (Å²) in [5.41, 5.74) is 4.60. The highest BCUT2D eigenvalue weighted by atomic mass is 16.5. The fourth-order valence-corrected chi connectivity index (χ4v) is 3.13. The maximum atomic E-state index is 12.9. The van der Waals surface area contributed by atoms with Gasteiger partial charge in [0, 0.05) is 18.0 Å². The molecule has 4 aromatic rings. The second-order valence-corrected chi connectivity index (χ2v) is 6.97. The molecular weight excluding hydrogens is 360 g/mol. The topological polar surface area (TPSA) is 51.2 Å². The summed E-state index contributed by atoms with van der Waals surface area (Å²) in [6.45, 7) is 2.91. The van der Waals surface area contributed by atoms with Crippen molar-refractivity contribution < 1.29 is 9.53 Å². The van der Waals surface area contributed by atoms with E-state index in [-0.39, 0.29) is 5.91 Å². The van der Waals surface area contributed by atoms with Gasteiger partial charge in [-0.3, -0.25) is 4.79 Å². The number of nitrogens with zero attached hydrogens (tertiary/aromatic N) is 1. The Bertz CT molecular complexity index is 1120. The first-order chi connectivity index (χ1) is 14.2. The Morgan fingerprint density at radius 2 is 1.62 bits per heavy atom. The first-order valence-electron chi connectivity index (χ1n) is 9.59. The molecule has 0 atom stereocenters. The van der Waals surface area contributed by atoms with E-state index in [9.17, 15) is 4.79 Å². The Morgan fingerprint density at radius 3 is 2.41 bits per heavy atom. The van der Waals surface area contributed by atoms with E-state index >= 15 is 0 Å². The van der Waals surface area contributed by atoms with Crippen molar-refractivity contribution in [3.63, 3.8) is 0 Å². The highest BCUT2D eigenvalue weighted by Crippen LogP contribution is 2.23. The molecule has 4 nitrogen and oxygen atoms in total. The highest BCUT2D eigenvalue weighted by molar-refractivity contribution is 6.06. The number of para-hydroxylation sites is 1. The number of hydrogen-bond acceptors (Lipinski definition) is 3. The lowest BCUT2D eigenvalue weighted by Gasteiger charge is -2.11. The summed E-state index contributed by atoms with van der Waals surface area (Å²) in [4.78, 5) is 17.5. The van der Waals surface area contributed by atoms with Gasteiger partial charge in [0.05, 0.1) is 11.1 Å². The number of aryl methyl sites for hydroxylation is 1. The van der Waals surface area contributed by atoms with Gasteiger partial charge in [-0.05, 0) is 24.1 Å². The Morgan fingerprint density at radius 1 is 0.897 bits per heavy atom. The summed E-state index contributed by atoms with van der Waals surface area (Å²) in [7, 11) is 0. The third-order valence-electron chi connectivity index (χ3n) is 4.74. The number of amides is 1. The number of nitrogens with one attached hydrogen (secondary N) is 1. The van der Waals surface area contributed by atoms with Crippen LogP contribution in [-0.4, -0.2) is 10.9 Å². The number of fused-ring (bicyclic) bond motifs is 1. The minimum absolute atomic E-state index is 0.145. The van der Waals surface area contributed by atoms with Gasteiger partial charge < -0.3 is 10.1 Å². The summed E-state index contributed by atoms with van der Waals surface area (Å²) in [5.74, 6) is 0.293. The van der Waals surface area contributed by atoms with Crippen LogP contribution < -0.4 is 10.1 Å². The Kier molecular flexibility index (Phi) is 5.52. The third kappa shape index (κ3) is 4.61. The number of carbonyl (C=O) groups is 1. The van der Waals surface area contributed by atoms with E-state index in [0.717, 1.165) is 22.0 Å². The molecule has 0 saturated heterocycles. The van der Waals surface area contributed by atoms with Gasteiger partial charge in [-0.1, -0.05) is 78.4 Å². The van der Waals surface area contributed by atoms with Crippen molar-refractivity contribution in [2.45, 2.75) is 20.1 Å². The molecule has 4 heteroatoms. The van der Waals surface area contributed by atoms with Crippen LogP contribution in [0.4, 0.5) is 0 Å². The zero-order valence-corrected chi connectivity index (χ0v) is 16.3. The molecule has 1 heterocycles. The number of carbonyl (C=O) groups excluding carboxylic acids is 1. The molecule has 0 aliphatic heterocycles. The second kappa shape index (κ2) is 8.57. The van der Waals surface area contributed by atoms with Crippen molar-refractivity contribution in [3.8, 4) is 5.88 Å². The van der Waals surface area contributed by atoms with E-state index in [1.807, 2.05) is 85.8 Å². The van der Waals surface area contributed by atoms with Crippen LogP contribution in [0.25, 0.3) is 10.9 Å². The van der Waals surface area contributed by atoms with Gasteiger partial charge in [0.15, 0.2) is 0 Å². The first-order valence-corrected chi connectivity index (χ1v) is 9.59. The lowest BCUT2D eigenvalue weighted by atomic mass is 10.1. The van der Waals surface area contributed by atoms with Gasteiger partial charge >= 0.3 is 0 Å². The number of ether oxygens (including phenoxy) is 1. The number of rotatable bonds is 6. The fraction of sp³-hybridized carbons (Fsp3) is 0.120. The Labute approximate surface area is 170 Å². The zero-order chi connectivity index (χ0) is 20.1. The molecule has 144 valence electrons. The molecule has 1 amide bonds. The quantitative estimate of drug-likeness (QED) is 0.508. The number of pyridine rings is 1. The van der Waals surface area contributed by atoms with Gasteiger partial charge in [0.25, 0.3) is 5.91 Å². The molecule has 0 bridgehead atoms. The van der Waals surface area contributed by atoms with Crippen LogP contribution in [0, 0.1) is 6.92 Å². The van der Waals surface area contributed by atoms with E-state index in [2.05, 4.69) is 10.3 Å². The molecule has 0 radical (unpaired) electrons. The molecule has 1 N–H and O–H groups in total. The van der Waals surface area contributed by atoms with E-state index in [1.54, 1.807) is 6.07 Å². The molecule has 0 fully saturated rings. The summed E-state index contributed by atoms with van der Waals surface area (Å²) in [6, 6.07) is 27.4. The molecule has 0 saturated carbocycles. The summed E-state index contributed by atoms with van der Waals surface area (Å²) < 4.78 is 5.88. The molecule has 0 unspecified atom stereocenters. The van der Waals surface area contributed by atoms with E-state index in [4.69, 9.17) is 4.74 Å². The maximum Gasteiger partial charge on any atom is 0.252 e. The molecule has 0 aliphatic rings. The fourth-order valence-electron chi connectivity index (χ4n) is 3.13. The lowest BCUT2D eigenvalue weighted by Crippen LogP contribution is -2.23. The standard InChI is InChI=1S/C25H22N2O2/c1-18-11-13-19(14-12-18)16-26-25(28)22-15-24(27-23-10-6-5-9-21(22)23)29-17-20-7-3-2-4-8-20/h2-15H,16-17H2,1H3,(H,26,28). The summed E-state index contributed by atoms with van der Waals surface area (Å²) in [6.07, 6.45) is 0. The van der Waals surface area contributed by atoms with E-state index in [0.29, 0.717) is 24.6 Å². The van der Waals surface area contributed by atoms with Gasteiger partial charge in [-0.25, -0.2) is 4.98 Å². The number of benzene rings is 3. The summed E-state index contributed by atoms with van der Waals surface area (Å²) >= 11 is 0. The number of aromatic nitrogens is 1. The van der Waals surface area contributed by atoms with Crippen molar-refractivity contribution in [2.24, 2.45) is 0 Å². The van der Waals surface area contributed by atoms with Crippen LogP contribution in [0.5, 0.6) is 5.88 Å². The van der Waals surface area contributed by atoms with Crippen LogP contribution >= 0.6 is 0 Å². The lowest BCUT2D eigenvalue weighted by molar-refractivity contribution is 0.0952. The molecular formula is C25H22N2O2.